The SMILES string of the molecule is CNS(=O)(=O)Nc1ccc(-c2nnn(C)c2NC(=O)O[C@H](C)c2cccnc2Cl)nc1. The van der Waals surface area contributed by atoms with E-state index >= 15 is 0 Å². The van der Waals surface area contributed by atoms with E-state index in [2.05, 4.69) is 35.0 Å². The van der Waals surface area contributed by atoms with Gasteiger partial charge >= 0.3 is 6.09 Å². The van der Waals surface area contributed by atoms with Gasteiger partial charge in [-0.2, -0.15) is 8.42 Å². The van der Waals surface area contributed by atoms with Crippen LogP contribution >= 0.6 is 11.6 Å². The van der Waals surface area contributed by atoms with Crippen LogP contribution < -0.4 is 14.8 Å². The summed E-state index contributed by atoms with van der Waals surface area (Å²) in [5, 5.41) is 10.7. The Morgan fingerprint density at radius 3 is 2.68 bits per heavy atom. The zero-order valence-electron chi connectivity index (χ0n) is 16.7. The van der Waals surface area contributed by atoms with Crippen molar-refractivity contribution in [3.63, 3.8) is 0 Å². The van der Waals surface area contributed by atoms with E-state index in [0.717, 1.165) is 0 Å². The second-order valence-electron chi connectivity index (χ2n) is 6.21. The number of aryl methyl sites for hydroxylation is 1. The first kappa shape index (κ1) is 22.4. The van der Waals surface area contributed by atoms with Crippen LogP contribution in [0.4, 0.5) is 16.3 Å². The van der Waals surface area contributed by atoms with E-state index in [-0.39, 0.29) is 22.4 Å². The Morgan fingerprint density at radius 2 is 2.03 bits per heavy atom. The lowest BCUT2D eigenvalue weighted by molar-refractivity contribution is 0.121. The van der Waals surface area contributed by atoms with Gasteiger partial charge in [0.05, 0.1) is 17.6 Å². The number of ether oxygens (including phenoxy) is 1. The third-order valence-electron chi connectivity index (χ3n) is 4.08. The molecule has 0 spiro atoms. The van der Waals surface area contributed by atoms with Gasteiger partial charge in [0.15, 0.2) is 11.5 Å². The highest BCUT2D eigenvalue weighted by Crippen LogP contribution is 2.26. The number of rotatable bonds is 7. The first-order chi connectivity index (χ1) is 14.7. The van der Waals surface area contributed by atoms with Gasteiger partial charge in [-0.1, -0.05) is 22.9 Å². The highest BCUT2D eigenvalue weighted by atomic mass is 35.5. The maximum Gasteiger partial charge on any atom is 0.413 e. The molecule has 0 fully saturated rings. The van der Waals surface area contributed by atoms with Gasteiger partial charge in [-0.15, -0.1) is 5.10 Å². The molecule has 3 rings (SSSR count). The second kappa shape index (κ2) is 9.24. The molecular weight excluding hydrogens is 448 g/mol. The molecule has 3 aromatic heterocycles. The summed E-state index contributed by atoms with van der Waals surface area (Å²) < 4.78 is 34.3. The molecule has 0 radical (unpaired) electrons. The van der Waals surface area contributed by atoms with E-state index in [0.29, 0.717) is 11.3 Å². The molecule has 0 bridgehead atoms. The van der Waals surface area contributed by atoms with Gasteiger partial charge in [0.1, 0.15) is 11.3 Å². The average Bonchev–Trinajstić information content (AvgIpc) is 3.08. The van der Waals surface area contributed by atoms with Crippen LogP contribution in [-0.4, -0.2) is 46.5 Å². The van der Waals surface area contributed by atoms with Crippen molar-refractivity contribution in [3.8, 4) is 11.4 Å². The van der Waals surface area contributed by atoms with Crippen LogP contribution in [0.1, 0.15) is 18.6 Å². The van der Waals surface area contributed by atoms with Gasteiger partial charge in [-0.25, -0.2) is 19.2 Å². The summed E-state index contributed by atoms with van der Waals surface area (Å²) in [6.45, 7) is 1.66. The minimum atomic E-state index is -3.67. The largest absolute Gasteiger partial charge is 0.441 e. The predicted molar refractivity (Wildman–Crippen MR) is 114 cm³/mol. The third kappa shape index (κ3) is 5.45. The number of carbonyl (C=O) groups excluding carboxylic acids is 1. The molecule has 14 heteroatoms. The summed E-state index contributed by atoms with van der Waals surface area (Å²) >= 11 is 6.04. The zero-order valence-corrected chi connectivity index (χ0v) is 18.3. The van der Waals surface area contributed by atoms with Crippen LogP contribution in [0.5, 0.6) is 0 Å². The quantitative estimate of drug-likeness (QED) is 0.447. The lowest BCUT2D eigenvalue weighted by atomic mass is 10.2. The molecule has 0 saturated heterocycles. The summed E-state index contributed by atoms with van der Waals surface area (Å²) in [5.41, 5.74) is 1.44. The molecule has 0 saturated carbocycles. The van der Waals surface area contributed by atoms with Gasteiger partial charge in [-0.05, 0) is 25.1 Å². The molecule has 0 aliphatic carbocycles. The molecule has 1 atom stereocenters. The van der Waals surface area contributed by atoms with Crippen molar-refractivity contribution in [2.24, 2.45) is 7.05 Å². The molecule has 31 heavy (non-hydrogen) atoms. The van der Waals surface area contributed by atoms with Gasteiger partial charge in [0.2, 0.25) is 0 Å². The lowest BCUT2D eigenvalue weighted by Crippen LogP contribution is -2.26. The number of hydrogen-bond acceptors (Lipinski definition) is 8. The van der Waals surface area contributed by atoms with Crippen molar-refractivity contribution < 1.29 is 17.9 Å². The van der Waals surface area contributed by atoms with Crippen molar-refractivity contribution in [2.45, 2.75) is 13.0 Å². The summed E-state index contributed by atoms with van der Waals surface area (Å²) in [7, 11) is -0.799. The predicted octanol–water partition coefficient (Wildman–Crippen LogP) is 2.11. The highest BCUT2D eigenvalue weighted by Gasteiger charge is 2.20. The molecule has 164 valence electrons. The number of amides is 1. The molecule has 0 aliphatic rings. The Labute approximate surface area is 183 Å². The smallest absolute Gasteiger partial charge is 0.413 e. The summed E-state index contributed by atoms with van der Waals surface area (Å²) in [6, 6.07) is 6.43. The van der Waals surface area contributed by atoms with Gasteiger partial charge in [-0.3, -0.25) is 15.0 Å². The van der Waals surface area contributed by atoms with Crippen molar-refractivity contribution in [1.29, 1.82) is 0 Å². The van der Waals surface area contributed by atoms with Crippen molar-refractivity contribution in [3.05, 3.63) is 47.4 Å². The maximum atomic E-state index is 12.4. The lowest BCUT2D eigenvalue weighted by Gasteiger charge is -2.15. The number of nitrogens with one attached hydrogen (secondary N) is 3. The van der Waals surface area contributed by atoms with E-state index < -0.39 is 22.4 Å². The Morgan fingerprint density at radius 1 is 1.26 bits per heavy atom. The number of hydrogen-bond donors (Lipinski definition) is 3. The Hall–Kier alpha value is -3.29. The van der Waals surface area contributed by atoms with Crippen LogP contribution in [0, 0.1) is 0 Å². The molecule has 0 unspecified atom stereocenters. The number of aromatic nitrogens is 5. The molecule has 3 heterocycles. The van der Waals surface area contributed by atoms with Gasteiger partial charge in [0.25, 0.3) is 10.2 Å². The van der Waals surface area contributed by atoms with E-state index in [9.17, 15) is 13.2 Å². The van der Waals surface area contributed by atoms with Crippen molar-refractivity contribution in [1.82, 2.24) is 29.7 Å². The topological polar surface area (TPSA) is 153 Å². The van der Waals surface area contributed by atoms with Crippen LogP contribution in [0.2, 0.25) is 5.15 Å². The summed E-state index contributed by atoms with van der Waals surface area (Å²) in [5.74, 6) is 0.241. The molecule has 12 nitrogen and oxygen atoms in total. The van der Waals surface area contributed by atoms with E-state index in [1.165, 1.54) is 36.3 Å². The first-order valence-corrected chi connectivity index (χ1v) is 10.7. The number of carbonyl (C=O) groups is 1. The minimum absolute atomic E-state index is 0.240. The number of anilines is 2. The van der Waals surface area contributed by atoms with Crippen LogP contribution in [0.25, 0.3) is 11.4 Å². The molecule has 3 aromatic rings. The highest BCUT2D eigenvalue weighted by molar-refractivity contribution is 7.90. The number of pyridine rings is 2. The standard InChI is InChI=1S/C17H19ClN8O4S/c1-10(12-5-4-8-20-15(12)18)30-17(27)22-16-14(23-25-26(16)3)13-7-6-11(9-21-13)24-31(28,29)19-2/h4-10,19,24H,1-3H3,(H,22,27)/t10-/m1/s1. The van der Waals surface area contributed by atoms with Crippen LogP contribution in [0.3, 0.4) is 0 Å². The van der Waals surface area contributed by atoms with Gasteiger partial charge in [0, 0.05) is 25.9 Å². The first-order valence-electron chi connectivity index (χ1n) is 8.85. The number of halogens is 1. The average molecular weight is 467 g/mol. The third-order valence-corrected chi connectivity index (χ3v) is 5.44. The summed E-state index contributed by atoms with van der Waals surface area (Å²) in [6.07, 6.45) is 1.45. The normalized spacial score (nSPS) is 12.3. The molecule has 3 N–H and O–H groups in total. The molecule has 1 amide bonds. The number of nitrogens with zero attached hydrogens (tertiary/aromatic N) is 5. The van der Waals surface area contributed by atoms with Gasteiger partial charge < -0.3 is 4.74 Å². The maximum absolute atomic E-state index is 12.4. The Kier molecular flexibility index (Phi) is 6.68. The molecule has 0 aliphatic heterocycles. The zero-order chi connectivity index (χ0) is 22.6. The Bertz CT molecular complexity index is 1180. The fraction of sp³-hybridized carbons (Fsp3) is 0.235. The fourth-order valence-corrected chi connectivity index (χ4v) is 3.33. The molecule has 0 aromatic carbocycles. The fourth-order valence-electron chi connectivity index (χ4n) is 2.52. The van der Waals surface area contributed by atoms with Crippen LogP contribution in [-0.2, 0) is 22.0 Å². The monoisotopic (exact) mass is 466 g/mol. The van der Waals surface area contributed by atoms with Crippen molar-refractivity contribution >= 4 is 39.4 Å². The van der Waals surface area contributed by atoms with E-state index in [1.807, 2.05) is 0 Å². The second-order valence-corrected chi connectivity index (χ2v) is 8.19. The summed E-state index contributed by atoms with van der Waals surface area (Å²) in [4.78, 5) is 20.6. The molecular formula is C17H19ClN8O4S. The minimum Gasteiger partial charge on any atom is -0.441 e. The van der Waals surface area contributed by atoms with Crippen LogP contribution in [0.15, 0.2) is 36.7 Å². The van der Waals surface area contributed by atoms with Crippen molar-refractivity contribution in [2.75, 3.05) is 17.1 Å². The Balaban J connectivity index is 1.75. The van der Waals surface area contributed by atoms with E-state index in [4.69, 9.17) is 16.3 Å². The van der Waals surface area contributed by atoms with E-state index in [1.54, 1.807) is 26.1 Å².